The Hall–Kier alpha value is -1.79. The molecule has 0 spiro atoms. The van der Waals surface area contributed by atoms with Crippen molar-refractivity contribution < 1.29 is 19.0 Å². The quantitative estimate of drug-likeness (QED) is 0.447. The molecule has 4 nitrogen and oxygen atoms in total. The minimum absolute atomic E-state index is 0.119. The Labute approximate surface area is 157 Å². The van der Waals surface area contributed by atoms with Gasteiger partial charge >= 0.3 is 0 Å². The van der Waals surface area contributed by atoms with Crippen LogP contribution in [-0.4, -0.2) is 27.1 Å². The van der Waals surface area contributed by atoms with E-state index in [0.29, 0.717) is 22.8 Å². The monoisotopic (exact) mass is 454 g/mol. The van der Waals surface area contributed by atoms with Crippen molar-refractivity contribution in [3.8, 4) is 17.2 Å². The average Bonchev–Trinajstić information content (AvgIpc) is 2.62. The van der Waals surface area contributed by atoms with Crippen LogP contribution < -0.4 is 14.2 Å². The van der Waals surface area contributed by atoms with Crippen LogP contribution in [0, 0.1) is 0 Å². The number of methoxy groups -OCH3 is 3. The molecule has 24 heavy (non-hydrogen) atoms. The molecule has 0 saturated heterocycles. The van der Waals surface area contributed by atoms with Crippen LogP contribution in [0.3, 0.4) is 0 Å². The van der Waals surface area contributed by atoms with Crippen molar-refractivity contribution in [2.45, 2.75) is 0 Å². The molecular weight excluding hydrogens is 440 g/mol. The molecule has 0 atom stereocenters. The Morgan fingerprint density at radius 2 is 1.75 bits per heavy atom. The van der Waals surface area contributed by atoms with E-state index in [1.165, 1.54) is 6.08 Å². The van der Waals surface area contributed by atoms with Crippen molar-refractivity contribution in [3.63, 3.8) is 0 Å². The first-order valence-corrected chi connectivity index (χ1v) is 8.56. The number of hydrogen-bond donors (Lipinski definition) is 0. The van der Waals surface area contributed by atoms with Gasteiger partial charge in [-0.3, -0.25) is 4.79 Å². The van der Waals surface area contributed by atoms with Crippen LogP contribution in [0.2, 0.25) is 0 Å². The number of ketones is 1. The Kier molecular flexibility index (Phi) is 6.45. The first-order chi connectivity index (χ1) is 11.5. The summed E-state index contributed by atoms with van der Waals surface area (Å²) < 4.78 is 17.3. The number of halogens is 2. The summed E-state index contributed by atoms with van der Waals surface area (Å²) in [5, 5.41) is 0. The fourth-order valence-corrected chi connectivity index (χ4v) is 3.12. The molecule has 0 fully saturated rings. The maximum atomic E-state index is 12.3. The highest BCUT2D eigenvalue weighted by atomic mass is 79.9. The van der Waals surface area contributed by atoms with Gasteiger partial charge in [-0.15, -0.1) is 0 Å². The molecule has 0 radical (unpaired) electrons. The van der Waals surface area contributed by atoms with E-state index in [4.69, 9.17) is 14.2 Å². The summed E-state index contributed by atoms with van der Waals surface area (Å²) >= 11 is 6.97. The van der Waals surface area contributed by atoms with Crippen molar-refractivity contribution in [3.05, 3.63) is 56.5 Å². The second-order valence-corrected chi connectivity index (χ2v) is 6.34. The van der Waals surface area contributed by atoms with Gasteiger partial charge in [0.25, 0.3) is 0 Å². The molecule has 0 amide bonds. The van der Waals surface area contributed by atoms with E-state index >= 15 is 0 Å². The molecule has 0 N–H and O–H groups in total. The lowest BCUT2D eigenvalue weighted by molar-refractivity contribution is 0.104. The molecule has 2 rings (SSSR count). The van der Waals surface area contributed by atoms with Crippen molar-refractivity contribution in [2.24, 2.45) is 0 Å². The summed E-state index contributed by atoms with van der Waals surface area (Å²) in [7, 11) is 4.70. The lowest BCUT2D eigenvalue weighted by Gasteiger charge is -2.12. The first kappa shape index (κ1) is 18.5. The van der Waals surface area contributed by atoms with E-state index in [1.807, 2.05) is 0 Å². The Balaban J connectivity index is 2.34. The van der Waals surface area contributed by atoms with Gasteiger partial charge in [-0.05, 0) is 67.8 Å². The number of rotatable bonds is 6. The maximum absolute atomic E-state index is 12.3. The van der Waals surface area contributed by atoms with Crippen LogP contribution >= 0.6 is 31.9 Å². The van der Waals surface area contributed by atoms with Crippen molar-refractivity contribution >= 4 is 43.7 Å². The van der Waals surface area contributed by atoms with E-state index in [2.05, 4.69) is 31.9 Å². The smallest absolute Gasteiger partial charge is 0.185 e. The molecule has 126 valence electrons. The van der Waals surface area contributed by atoms with Gasteiger partial charge in [0.15, 0.2) is 17.3 Å². The molecule has 0 heterocycles. The molecular formula is C18H16Br2O4. The Bertz CT molecular complexity index is 785. The number of carbonyl (C=O) groups excluding carboxylic acids is 1. The Morgan fingerprint density at radius 3 is 2.38 bits per heavy atom. The minimum Gasteiger partial charge on any atom is -0.497 e. The summed E-state index contributed by atoms with van der Waals surface area (Å²) in [6.07, 6.45) is 3.23. The van der Waals surface area contributed by atoms with Gasteiger partial charge in [0.1, 0.15) is 5.75 Å². The summed E-state index contributed by atoms with van der Waals surface area (Å²) in [5.74, 6) is 1.68. The van der Waals surface area contributed by atoms with Crippen LogP contribution in [0.15, 0.2) is 45.4 Å². The van der Waals surface area contributed by atoms with Gasteiger partial charge < -0.3 is 14.2 Å². The van der Waals surface area contributed by atoms with Gasteiger partial charge in [-0.1, -0.05) is 12.1 Å². The number of benzene rings is 2. The third-order valence-corrected chi connectivity index (χ3v) is 5.49. The highest BCUT2D eigenvalue weighted by Crippen LogP contribution is 2.42. The van der Waals surface area contributed by atoms with Crippen LogP contribution in [0.25, 0.3) is 6.08 Å². The fraction of sp³-hybridized carbons (Fsp3) is 0.167. The minimum atomic E-state index is -0.119. The van der Waals surface area contributed by atoms with Gasteiger partial charge in [0, 0.05) is 10.0 Å². The molecule has 0 unspecified atom stereocenters. The highest BCUT2D eigenvalue weighted by molar-refractivity contribution is 9.13. The summed E-state index contributed by atoms with van der Waals surface area (Å²) in [6.45, 7) is 0. The topological polar surface area (TPSA) is 44.8 Å². The van der Waals surface area contributed by atoms with Gasteiger partial charge in [0.2, 0.25) is 0 Å². The standard InChI is InChI=1S/C18H16Br2O4/c1-22-13-6-4-5-11(9-13)14(21)8-7-12-10-15(23-2)18(24-3)17(20)16(12)19/h4-10H,1-3H3/b8-7+. The fourth-order valence-electron chi connectivity index (χ4n) is 2.11. The third kappa shape index (κ3) is 3.99. The number of carbonyl (C=O) groups is 1. The van der Waals surface area contributed by atoms with E-state index in [-0.39, 0.29) is 5.78 Å². The van der Waals surface area contributed by atoms with E-state index in [0.717, 1.165) is 14.5 Å². The van der Waals surface area contributed by atoms with Crippen molar-refractivity contribution in [1.29, 1.82) is 0 Å². The average molecular weight is 456 g/mol. The van der Waals surface area contributed by atoms with Gasteiger partial charge in [0.05, 0.1) is 25.8 Å². The molecule has 0 aromatic heterocycles. The zero-order chi connectivity index (χ0) is 17.7. The van der Waals surface area contributed by atoms with Crippen LogP contribution in [0.4, 0.5) is 0 Å². The molecule has 2 aromatic rings. The summed E-state index contributed by atoms with van der Waals surface area (Å²) in [4.78, 5) is 12.3. The zero-order valence-corrected chi connectivity index (χ0v) is 16.6. The second-order valence-electron chi connectivity index (χ2n) is 4.76. The number of ether oxygens (including phenoxy) is 3. The largest absolute Gasteiger partial charge is 0.497 e. The van der Waals surface area contributed by atoms with Crippen molar-refractivity contribution in [2.75, 3.05) is 21.3 Å². The van der Waals surface area contributed by atoms with Crippen molar-refractivity contribution in [1.82, 2.24) is 0 Å². The predicted octanol–water partition coefficient (Wildman–Crippen LogP) is 5.13. The predicted molar refractivity (Wildman–Crippen MR) is 101 cm³/mol. The SMILES string of the molecule is COc1cccc(C(=O)/C=C/c2cc(OC)c(OC)c(Br)c2Br)c1. The lowest BCUT2D eigenvalue weighted by atomic mass is 10.1. The van der Waals surface area contributed by atoms with Crippen LogP contribution in [-0.2, 0) is 0 Å². The normalized spacial score (nSPS) is 10.7. The zero-order valence-electron chi connectivity index (χ0n) is 13.4. The van der Waals surface area contributed by atoms with Gasteiger partial charge in [-0.2, -0.15) is 0 Å². The van der Waals surface area contributed by atoms with Gasteiger partial charge in [-0.25, -0.2) is 0 Å². The first-order valence-electron chi connectivity index (χ1n) is 6.98. The molecule has 0 bridgehead atoms. The molecule has 0 aliphatic rings. The summed E-state index contributed by atoms with van der Waals surface area (Å²) in [5.41, 5.74) is 1.34. The molecule has 0 aliphatic heterocycles. The molecule has 2 aromatic carbocycles. The maximum Gasteiger partial charge on any atom is 0.185 e. The summed E-state index contributed by atoms with van der Waals surface area (Å²) in [6, 6.07) is 8.81. The van der Waals surface area contributed by atoms with E-state index < -0.39 is 0 Å². The van der Waals surface area contributed by atoms with Crippen LogP contribution in [0.1, 0.15) is 15.9 Å². The number of allylic oxidation sites excluding steroid dienone is 1. The molecule has 0 aliphatic carbocycles. The Morgan fingerprint density at radius 1 is 1.00 bits per heavy atom. The van der Waals surface area contributed by atoms with Crippen LogP contribution in [0.5, 0.6) is 17.2 Å². The highest BCUT2D eigenvalue weighted by Gasteiger charge is 2.15. The third-order valence-electron chi connectivity index (χ3n) is 3.35. The van der Waals surface area contributed by atoms with E-state index in [9.17, 15) is 4.79 Å². The van der Waals surface area contributed by atoms with E-state index in [1.54, 1.807) is 57.7 Å². The lowest BCUT2D eigenvalue weighted by Crippen LogP contribution is -1.96. The molecule has 0 saturated carbocycles. The number of hydrogen-bond acceptors (Lipinski definition) is 4. The second kappa shape index (κ2) is 8.35. The molecule has 6 heteroatoms.